The fraction of sp³-hybridized carbons (Fsp3) is 0.409. The molecule has 1 aliphatic heterocycles. The van der Waals surface area contributed by atoms with Crippen molar-refractivity contribution in [1.82, 2.24) is 19.5 Å². The highest BCUT2D eigenvalue weighted by atomic mass is 32.2. The van der Waals surface area contributed by atoms with Crippen LogP contribution in [0.1, 0.15) is 58.2 Å². The summed E-state index contributed by atoms with van der Waals surface area (Å²) in [5.74, 6) is -0.245. The van der Waals surface area contributed by atoms with E-state index in [0.29, 0.717) is 34.6 Å². The van der Waals surface area contributed by atoms with Crippen molar-refractivity contribution < 1.29 is 13.2 Å². The number of aromatic amines is 1. The number of hydrogen-bond donors (Lipinski definition) is 2. The summed E-state index contributed by atoms with van der Waals surface area (Å²) in [4.78, 5) is 32.6. The van der Waals surface area contributed by atoms with Crippen LogP contribution in [0, 0.1) is 20.8 Å². The molecule has 1 saturated heterocycles. The minimum Gasteiger partial charge on any atom is -0.330 e. The van der Waals surface area contributed by atoms with Gasteiger partial charge in [-0.15, -0.1) is 0 Å². The molecule has 2 N–H and O–H groups in total. The fourth-order valence-corrected chi connectivity index (χ4v) is 4.86. The molecule has 10 heteroatoms. The molecule has 0 bridgehead atoms. The third-order valence-electron chi connectivity index (χ3n) is 6.01. The first-order valence-corrected chi connectivity index (χ1v) is 12.4. The number of nitrogens with zero attached hydrogens (tertiary/aromatic N) is 3. The van der Waals surface area contributed by atoms with Gasteiger partial charge in [0, 0.05) is 23.9 Å². The average molecular weight is 458 g/mol. The highest BCUT2D eigenvalue weighted by Crippen LogP contribution is 2.34. The van der Waals surface area contributed by atoms with E-state index in [-0.39, 0.29) is 23.2 Å². The number of fused-ring (bicyclic) bond motifs is 1. The van der Waals surface area contributed by atoms with Gasteiger partial charge in [-0.3, -0.25) is 19.4 Å². The minimum absolute atomic E-state index is 0.161. The van der Waals surface area contributed by atoms with Gasteiger partial charge in [-0.05, 0) is 51.7 Å². The van der Waals surface area contributed by atoms with E-state index in [4.69, 9.17) is 0 Å². The lowest BCUT2D eigenvalue weighted by Crippen LogP contribution is -2.39. The molecule has 2 aromatic heterocycles. The van der Waals surface area contributed by atoms with Gasteiger partial charge in [0.1, 0.15) is 0 Å². The van der Waals surface area contributed by atoms with Crippen molar-refractivity contribution in [3.63, 3.8) is 0 Å². The number of aromatic nitrogens is 3. The molecule has 0 unspecified atom stereocenters. The largest absolute Gasteiger partial charge is 0.330 e. The Kier molecular flexibility index (Phi) is 5.58. The molecule has 0 spiro atoms. The number of nitrogens with one attached hydrogen (secondary N) is 2. The highest BCUT2D eigenvalue weighted by molar-refractivity contribution is 7.92. The predicted molar refractivity (Wildman–Crippen MR) is 123 cm³/mol. The van der Waals surface area contributed by atoms with Crippen molar-refractivity contribution in [2.45, 2.75) is 46.1 Å². The monoisotopic (exact) mass is 457 g/mol. The van der Waals surface area contributed by atoms with Crippen LogP contribution in [-0.2, 0) is 10.0 Å². The number of likely N-dealkylation sites (tertiary alicyclic amines) is 1. The molecule has 0 radical (unpaired) electrons. The van der Waals surface area contributed by atoms with Crippen LogP contribution in [0.2, 0.25) is 0 Å². The number of amides is 1. The number of hydrogen-bond acceptors (Lipinski definition) is 5. The van der Waals surface area contributed by atoms with Crippen LogP contribution >= 0.6 is 0 Å². The molecule has 1 aromatic carbocycles. The number of carbonyl (C=O) groups is 1. The van der Waals surface area contributed by atoms with Gasteiger partial charge in [0.25, 0.3) is 11.5 Å². The number of rotatable bonds is 4. The summed E-state index contributed by atoms with van der Waals surface area (Å²) in [5.41, 5.74) is 3.63. The summed E-state index contributed by atoms with van der Waals surface area (Å²) in [6, 6.07) is 6.64. The first kappa shape index (κ1) is 22.1. The van der Waals surface area contributed by atoms with E-state index < -0.39 is 10.0 Å². The third kappa shape index (κ3) is 4.02. The Balaban J connectivity index is 1.77. The van der Waals surface area contributed by atoms with Crippen LogP contribution in [0.15, 0.2) is 29.1 Å². The van der Waals surface area contributed by atoms with Gasteiger partial charge >= 0.3 is 0 Å². The maximum Gasteiger partial charge on any atom is 0.275 e. The molecule has 170 valence electrons. The summed E-state index contributed by atoms with van der Waals surface area (Å²) in [7, 11) is -3.55. The molecule has 0 saturated carbocycles. The molecule has 0 aliphatic carbocycles. The number of carbonyl (C=O) groups excluding carboxylic acids is 1. The summed E-state index contributed by atoms with van der Waals surface area (Å²) >= 11 is 0. The Hall–Kier alpha value is -3.14. The van der Waals surface area contributed by atoms with Crippen molar-refractivity contribution in [1.29, 1.82) is 0 Å². The SMILES string of the molecule is Cc1cccc(NS(C)(=O)=O)c1C(=O)N1CCCC[C@H]1c1cc2nc(C)c(C)c(=O)n2[nH]1. The zero-order valence-electron chi connectivity index (χ0n) is 18.6. The Bertz CT molecular complexity index is 1370. The first-order valence-electron chi connectivity index (χ1n) is 10.5. The van der Waals surface area contributed by atoms with Crippen molar-refractivity contribution in [3.05, 3.63) is 62.7 Å². The highest BCUT2D eigenvalue weighted by Gasteiger charge is 2.32. The lowest BCUT2D eigenvalue weighted by atomic mass is 9.96. The molecule has 9 nitrogen and oxygen atoms in total. The fourth-order valence-electron chi connectivity index (χ4n) is 4.29. The van der Waals surface area contributed by atoms with Gasteiger partial charge in [0.05, 0.1) is 29.2 Å². The zero-order chi connectivity index (χ0) is 23.2. The van der Waals surface area contributed by atoms with Gasteiger partial charge in [-0.1, -0.05) is 12.1 Å². The maximum absolute atomic E-state index is 13.7. The topological polar surface area (TPSA) is 117 Å². The standard InChI is InChI=1S/C22H27N5O4S/c1-13-8-7-9-16(25-32(4,30)31)20(13)22(29)26-11-6-5-10-18(26)17-12-19-23-15(3)14(2)21(28)27(19)24-17/h7-9,12,18,24-25H,5-6,10-11H2,1-4H3/t18-/m0/s1. The second-order valence-corrected chi connectivity index (χ2v) is 10.2. The van der Waals surface area contributed by atoms with E-state index in [1.807, 2.05) is 6.07 Å². The van der Waals surface area contributed by atoms with Gasteiger partial charge in [-0.25, -0.2) is 17.9 Å². The molecular formula is C22H27N5O4S. The number of anilines is 1. The van der Waals surface area contributed by atoms with E-state index in [1.54, 1.807) is 43.9 Å². The Morgan fingerprint density at radius 2 is 1.97 bits per heavy atom. The average Bonchev–Trinajstić information content (AvgIpc) is 3.14. The van der Waals surface area contributed by atoms with Crippen LogP contribution in [0.5, 0.6) is 0 Å². The molecule has 1 aliphatic rings. The van der Waals surface area contributed by atoms with Crippen LogP contribution in [-0.4, -0.2) is 46.6 Å². The van der Waals surface area contributed by atoms with E-state index in [9.17, 15) is 18.0 Å². The van der Waals surface area contributed by atoms with Gasteiger partial charge in [0.15, 0.2) is 5.65 Å². The van der Waals surface area contributed by atoms with Crippen molar-refractivity contribution >= 4 is 27.3 Å². The molecular weight excluding hydrogens is 430 g/mol. The van der Waals surface area contributed by atoms with Crippen molar-refractivity contribution in [2.75, 3.05) is 17.5 Å². The second-order valence-electron chi connectivity index (χ2n) is 8.41. The molecule has 32 heavy (non-hydrogen) atoms. The van der Waals surface area contributed by atoms with E-state index in [2.05, 4.69) is 14.8 Å². The second kappa shape index (κ2) is 8.09. The summed E-state index contributed by atoms with van der Waals surface area (Å²) in [5, 5.41) is 3.14. The van der Waals surface area contributed by atoms with Crippen molar-refractivity contribution in [3.8, 4) is 0 Å². The number of aryl methyl sites for hydroxylation is 2. The van der Waals surface area contributed by atoms with E-state index in [0.717, 1.165) is 31.2 Å². The van der Waals surface area contributed by atoms with Crippen LogP contribution < -0.4 is 10.3 Å². The predicted octanol–water partition coefficient (Wildman–Crippen LogP) is 2.69. The Labute approximate surface area is 186 Å². The smallest absolute Gasteiger partial charge is 0.275 e. The summed E-state index contributed by atoms with van der Waals surface area (Å²) in [6.07, 6.45) is 3.57. The Morgan fingerprint density at radius 1 is 1.22 bits per heavy atom. The Morgan fingerprint density at radius 3 is 2.69 bits per heavy atom. The lowest BCUT2D eigenvalue weighted by Gasteiger charge is -2.36. The molecule has 1 atom stereocenters. The van der Waals surface area contributed by atoms with Crippen LogP contribution in [0.3, 0.4) is 0 Å². The molecule has 1 fully saturated rings. The molecule has 1 amide bonds. The summed E-state index contributed by atoms with van der Waals surface area (Å²) in [6.45, 7) is 5.86. The number of benzene rings is 1. The molecule has 3 aromatic rings. The van der Waals surface area contributed by atoms with E-state index in [1.165, 1.54) is 4.52 Å². The van der Waals surface area contributed by atoms with Gasteiger partial charge in [0.2, 0.25) is 10.0 Å². The van der Waals surface area contributed by atoms with Crippen LogP contribution in [0.4, 0.5) is 5.69 Å². The zero-order valence-corrected chi connectivity index (χ0v) is 19.4. The molecule has 4 rings (SSSR count). The normalized spacial score (nSPS) is 17.0. The number of sulfonamides is 1. The number of H-pyrrole nitrogens is 1. The third-order valence-corrected chi connectivity index (χ3v) is 6.60. The van der Waals surface area contributed by atoms with Gasteiger partial charge in [-0.2, -0.15) is 0 Å². The van der Waals surface area contributed by atoms with Crippen LogP contribution in [0.25, 0.3) is 5.65 Å². The van der Waals surface area contributed by atoms with Crippen molar-refractivity contribution in [2.24, 2.45) is 0 Å². The quantitative estimate of drug-likeness (QED) is 0.625. The van der Waals surface area contributed by atoms with Gasteiger partial charge < -0.3 is 4.90 Å². The maximum atomic E-state index is 13.7. The molecule has 3 heterocycles. The number of piperidine rings is 1. The van der Waals surface area contributed by atoms with E-state index >= 15 is 0 Å². The summed E-state index contributed by atoms with van der Waals surface area (Å²) < 4.78 is 27.6. The lowest BCUT2D eigenvalue weighted by molar-refractivity contribution is 0.0606. The minimum atomic E-state index is -3.55. The first-order chi connectivity index (χ1) is 15.1.